The lowest BCUT2D eigenvalue weighted by molar-refractivity contribution is 0.308. The Morgan fingerprint density at radius 3 is 2.82 bits per heavy atom. The van der Waals surface area contributed by atoms with Gasteiger partial charge in [0.1, 0.15) is 0 Å². The molecule has 1 N–H and O–H groups in total. The Morgan fingerprint density at radius 2 is 2.24 bits per heavy atom. The highest BCUT2D eigenvalue weighted by Crippen LogP contribution is 2.33. The fraction of sp³-hybridized carbons (Fsp3) is 0.769. The van der Waals surface area contributed by atoms with E-state index in [9.17, 15) is 0 Å². The Kier molecular flexibility index (Phi) is 3.72. The van der Waals surface area contributed by atoms with Crippen molar-refractivity contribution in [2.45, 2.75) is 58.2 Å². The van der Waals surface area contributed by atoms with Crippen LogP contribution in [0.25, 0.3) is 0 Å². The second-order valence-electron chi connectivity index (χ2n) is 5.19. The van der Waals surface area contributed by atoms with Gasteiger partial charge < -0.3 is 10.1 Å². The summed E-state index contributed by atoms with van der Waals surface area (Å²) in [6.45, 7) is 6.55. The van der Waals surface area contributed by atoms with E-state index in [0.29, 0.717) is 18.1 Å². The van der Waals surface area contributed by atoms with E-state index in [0.717, 1.165) is 5.75 Å². The molecule has 0 saturated carbocycles. The number of rotatable bonds is 3. The van der Waals surface area contributed by atoms with Crippen molar-refractivity contribution in [1.82, 2.24) is 15.1 Å². The van der Waals surface area contributed by atoms with Crippen LogP contribution in [0.5, 0.6) is 5.75 Å². The quantitative estimate of drug-likeness (QED) is 0.878. The summed E-state index contributed by atoms with van der Waals surface area (Å²) in [7, 11) is 1.72. The van der Waals surface area contributed by atoms with Crippen LogP contribution in [0, 0.1) is 0 Å². The van der Waals surface area contributed by atoms with Crippen LogP contribution < -0.4 is 10.1 Å². The molecular weight excluding hydrogens is 214 g/mol. The van der Waals surface area contributed by atoms with Gasteiger partial charge in [0, 0.05) is 12.1 Å². The summed E-state index contributed by atoms with van der Waals surface area (Å²) in [6.07, 6.45) is 5.52. The molecule has 0 spiro atoms. The van der Waals surface area contributed by atoms with Gasteiger partial charge in [0.05, 0.1) is 25.0 Å². The van der Waals surface area contributed by atoms with E-state index in [1.165, 1.54) is 25.0 Å². The lowest BCUT2D eigenvalue weighted by Crippen LogP contribution is -2.36. The molecule has 1 aliphatic heterocycles. The number of piperidine rings is 1. The maximum absolute atomic E-state index is 5.44. The zero-order valence-corrected chi connectivity index (χ0v) is 11.2. The van der Waals surface area contributed by atoms with Gasteiger partial charge in [0.25, 0.3) is 0 Å². The van der Waals surface area contributed by atoms with Gasteiger partial charge >= 0.3 is 0 Å². The van der Waals surface area contributed by atoms with Crippen LogP contribution in [0.3, 0.4) is 0 Å². The molecule has 0 aromatic carbocycles. The van der Waals surface area contributed by atoms with Gasteiger partial charge in [-0.3, -0.25) is 4.68 Å². The molecule has 4 heteroatoms. The predicted molar refractivity (Wildman–Crippen MR) is 68.4 cm³/mol. The molecule has 96 valence electrons. The first kappa shape index (κ1) is 12.4. The molecule has 0 radical (unpaired) electrons. The maximum atomic E-state index is 5.44. The highest BCUT2D eigenvalue weighted by Gasteiger charge is 2.26. The molecule has 1 aromatic rings. The van der Waals surface area contributed by atoms with Gasteiger partial charge in [0.2, 0.25) is 0 Å². The first-order valence-electron chi connectivity index (χ1n) is 6.51. The first-order valence-corrected chi connectivity index (χ1v) is 6.51. The zero-order chi connectivity index (χ0) is 12.4. The van der Waals surface area contributed by atoms with E-state index in [4.69, 9.17) is 4.74 Å². The Morgan fingerprint density at radius 1 is 1.47 bits per heavy atom. The lowest BCUT2D eigenvalue weighted by Gasteiger charge is -2.30. The smallest absolute Gasteiger partial charge is 0.161 e. The molecule has 1 saturated heterocycles. The molecule has 4 nitrogen and oxygen atoms in total. The van der Waals surface area contributed by atoms with Gasteiger partial charge in [-0.25, -0.2) is 0 Å². The van der Waals surface area contributed by atoms with Crippen molar-refractivity contribution in [2.24, 2.45) is 0 Å². The molecule has 2 unspecified atom stereocenters. The number of hydrogen-bond acceptors (Lipinski definition) is 3. The number of ether oxygens (including phenoxy) is 1. The van der Waals surface area contributed by atoms with E-state index in [-0.39, 0.29) is 0 Å². The number of nitrogens with zero attached hydrogens (tertiary/aromatic N) is 2. The zero-order valence-electron chi connectivity index (χ0n) is 11.2. The third-order valence-corrected chi connectivity index (χ3v) is 3.45. The number of aromatic nitrogens is 2. The van der Waals surface area contributed by atoms with Gasteiger partial charge in [-0.15, -0.1) is 0 Å². The van der Waals surface area contributed by atoms with Crippen LogP contribution in [0.4, 0.5) is 0 Å². The Labute approximate surface area is 103 Å². The summed E-state index contributed by atoms with van der Waals surface area (Å²) in [5, 5.41) is 8.09. The molecule has 1 aromatic heterocycles. The Bertz CT molecular complexity index is 373. The monoisotopic (exact) mass is 237 g/mol. The molecule has 0 bridgehead atoms. The molecule has 0 amide bonds. The normalized spacial score (nSPS) is 25.2. The van der Waals surface area contributed by atoms with Crippen LogP contribution in [0.15, 0.2) is 6.20 Å². The van der Waals surface area contributed by atoms with Crippen LogP contribution in [-0.2, 0) is 0 Å². The minimum Gasteiger partial charge on any atom is -0.493 e. The van der Waals surface area contributed by atoms with E-state index in [1.54, 1.807) is 7.11 Å². The minimum absolute atomic E-state index is 0.368. The van der Waals surface area contributed by atoms with Gasteiger partial charge in [-0.1, -0.05) is 0 Å². The van der Waals surface area contributed by atoms with Crippen molar-refractivity contribution in [3.8, 4) is 5.75 Å². The summed E-state index contributed by atoms with van der Waals surface area (Å²) in [5.74, 6) is 0.908. The van der Waals surface area contributed by atoms with Crippen LogP contribution in [0.1, 0.15) is 57.8 Å². The van der Waals surface area contributed by atoms with Crippen molar-refractivity contribution in [3.63, 3.8) is 0 Å². The summed E-state index contributed by atoms with van der Waals surface area (Å²) in [6, 6.07) is 1.32. The van der Waals surface area contributed by atoms with Gasteiger partial charge in [-0.05, 0) is 40.0 Å². The lowest BCUT2D eigenvalue weighted by atomic mass is 9.97. The molecule has 2 heterocycles. The first-order chi connectivity index (χ1) is 8.13. The topological polar surface area (TPSA) is 39.1 Å². The summed E-state index contributed by atoms with van der Waals surface area (Å²) >= 11 is 0. The molecule has 17 heavy (non-hydrogen) atoms. The second-order valence-corrected chi connectivity index (χ2v) is 5.19. The molecule has 0 aliphatic carbocycles. The standard InChI is InChI=1S/C13H23N3O/c1-9(2)16-13(12(17-4)8-14-16)11-7-5-6-10(3)15-11/h8-11,15H,5-7H2,1-4H3. The average molecular weight is 237 g/mol. The Hall–Kier alpha value is -1.03. The number of methoxy groups -OCH3 is 1. The van der Waals surface area contributed by atoms with Crippen LogP contribution >= 0.6 is 0 Å². The third kappa shape index (κ3) is 2.46. The fourth-order valence-corrected chi connectivity index (χ4v) is 2.61. The van der Waals surface area contributed by atoms with Crippen molar-refractivity contribution in [1.29, 1.82) is 0 Å². The second kappa shape index (κ2) is 5.08. The summed E-state index contributed by atoms with van der Waals surface area (Å²) in [4.78, 5) is 0. The number of nitrogens with one attached hydrogen (secondary N) is 1. The van der Waals surface area contributed by atoms with Crippen molar-refractivity contribution < 1.29 is 4.74 Å². The predicted octanol–water partition coefficient (Wildman–Crippen LogP) is 2.68. The summed E-state index contributed by atoms with van der Waals surface area (Å²) < 4.78 is 7.52. The van der Waals surface area contributed by atoms with E-state index in [1.807, 2.05) is 6.20 Å². The van der Waals surface area contributed by atoms with Crippen molar-refractivity contribution in [2.75, 3.05) is 7.11 Å². The minimum atomic E-state index is 0.368. The van der Waals surface area contributed by atoms with Gasteiger partial charge in [0.15, 0.2) is 5.75 Å². The molecule has 1 aliphatic rings. The SMILES string of the molecule is COc1cnn(C(C)C)c1C1CCCC(C)N1. The van der Waals surface area contributed by atoms with Gasteiger partial charge in [-0.2, -0.15) is 5.10 Å². The highest BCUT2D eigenvalue weighted by atomic mass is 16.5. The average Bonchev–Trinajstić information content (AvgIpc) is 2.72. The molecule has 2 atom stereocenters. The largest absolute Gasteiger partial charge is 0.493 e. The van der Waals surface area contributed by atoms with E-state index in [2.05, 4.69) is 35.9 Å². The molecular formula is C13H23N3O. The van der Waals surface area contributed by atoms with Crippen LogP contribution in [-0.4, -0.2) is 22.9 Å². The highest BCUT2D eigenvalue weighted by molar-refractivity contribution is 5.29. The number of hydrogen-bond donors (Lipinski definition) is 1. The summed E-state index contributed by atoms with van der Waals surface area (Å²) in [5.41, 5.74) is 1.20. The van der Waals surface area contributed by atoms with Crippen LogP contribution in [0.2, 0.25) is 0 Å². The fourth-order valence-electron chi connectivity index (χ4n) is 2.61. The van der Waals surface area contributed by atoms with E-state index >= 15 is 0 Å². The van der Waals surface area contributed by atoms with Crippen molar-refractivity contribution in [3.05, 3.63) is 11.9 Å². The Balaban J connectivity index is 2.31. The maximum Gasteiger partial charge on any atom is 0.161 e. The van der Waals surface area contributed by atoms with E-state index < -0.39 is 0 Å². The molecule has 2 rings (SSSR count). The third-order valence-electron chi connectivity index (χ3n) is 3.45. The van der Waals surface area contributed by atoms with Crippen molar-refractivity contribution >= 4 is 0 Å². The molecule has 1 fully saturated rings.